The third-order valence-electron chi connectivity index (χ3n) is 3.96. The predicted octanol–water partition coefficient (Wildman–Crippen LogP) is 5.42. The van der Waals surface area contributed by atoms with Gasteiger partial charge in [0, 0.05) is 5.56 Å². The molecule has 106 valence electrons. The maximum Gasteiger partial charge on any atom is 0.127 e. The van der Waals surface area contributed by atoms with Gasteiger partial charge < -0.3 is 4.74 Å². The van der Waals surface area contributed by atoms with E-state index in [4.69, 9.17) is 4.74 Å². The Labute approximate surface area is 130 Å². The molecule has 1 heteroatoms. The van der Waals surface area contributed by atoms with Crippen LogP contribution in [0.5, 0.6) is 5.75 Å². The Hall–Kier alpha value is -2.80. The van der Waals surface area contributed by atoms with Gasteiger partial charge in [0.05, 0.1) is 0 Å². The maximum atomic E-state index is 5.84. The molecule has 0 fully saturated rings. The first kappa shape index (κ1) is 12.9. The van der Waals surface area contributed by atoms with E-state index in [-0.39, 0.29) is 0 Å². The highest BCUT2D eigenvalue weighted by Crippen LogP contribution is 2.38. The molecule has 1 aliphatic heterocycles. The van der Waals surface area contributed by atoms with Crippen LogP contribution in [0, 0.1) is 0 Å². The summed E-state index contributed by atoms with van der Waals surface area (Å²) in [6.45, 7) is 0.655. The number of ether oxygens (including phenoxy) is 1. The number of hydrogen-bond acceptors (Lipinski definition) is 1. The second-order valence-corrected chi connectivity index (χ2v) is 5.45. The Bertz CT molecular complexity index is 832. The highest BCUT2D eigenvalue weighted by Gasteiger charge is 2.16. The van der Waals surface area contributed by atoms with E-state index >= 15 is 0 Å². The number of fused-ring (bicyclic) bond motifs is 3. The number of benzene rings is 3. The van der Waals surface area contributed by atoms with Crippen molar-refractivity contribution in [3.05, 3.63) is 89.5 Å². The average Bonchev–Trinajstić information content (AvgIpc) is 2.60. The first-order valence-electron chi connectivity index (χ1n) is 7.48. The second-order valence-electron chi connectivity index (χ2n) is 5.45. The molecule has 0 spiro atoms. The third kappa shape index (κ3) is 2.42. The molecule has 0 bridgehead atoms. The molecule has 1 aliphatic rings. The van der Waals surface area contributed by atoms with Crippen molar-refractivity contribution in [2.24, 2.45) is 0 Å². The van der Waals surface area contributed by atoms with E-state index in [9.17, 15) is 0 Å². The van der Waals surface area contributed by atoms with Crippen molar-refractivity contribution in [3.8, 4) is 16.9 Å². The zero-order valence-corrected chi connectivity index (χ0v) is 12.2. The van der Waals surface area contributed by atoms with Gasteiger partial charge in [0.15, 0.2) is 0 Å². The van der Waals surface area contributed by atoms with Crippen LogP contribution in [0.1, 0.15) is 16.7 Å². The maximum absolute atomic E-state index is 5.84. The van der Waals surface area contributed by atoms with Gasteiger partial charge in [-0.2, -0.15) is 0 Å². The fourth-order valence-corrected chi connectivity index (χ4v) is 2.81. The van der Waals surface area contributed by atoms with Crippen molar-refractivity contribution in [2.45, 2.75) is 6.61 Å². The van der Waals surface area contributed by atoms with E-state index in [1.807, 2.05) is 6.07 Å². The van der Waals surface area contributed by atoms with Crippen LogP contribution in [0.4, 0.5) is 0 Å². The first-order valence-corrected chi connectivity index (χ1v) is 7.48. The zero-order valence-electron chi connectivity index (χ0n) is 12.2. The predicted molar refractivity (Wildman–Crippen MR) is 91.6 cm³/mol. The fourth-order valence-electron chi connectivity index (χ4n) is 2.81. The van der Waals surface area contributed by atoms with Gasteiger partial charge in [-0.15, -0.1) is 0 Å². The first-order chi connectivity index (χ1) is 10.9. The van der Waals surface area contributed by atoms with Gasteiger partial charge in [-0.05, 0) is 34.4 Å². The van der Waals surface area contributed by atoms with Gasteiger partial charge in [0.2, 0.25) is 0 Å². The SMILES string of the molecule is C(=C\c1ccc2c(c1)-c1ccccc1CO2)/c1ccccc1. The standard InChI is InChI=1S/C21H16O/c1-2-6-16(7-3-1)10-11-17-12-13-21-20(14-17)19-9-5-4-8-18(19)15-22-21/h1-14H,15H2/b11-10+. The second kappa shape index (κ2) is 5.53. The molecule has 0 amide bonds. The molecular weight excluding hydrogens is 268 g/mol. The Morgan fingerprint density at radius 2 is 1.45 bits per heavy atom. The molecule has 0 N–H and O–H groups in total. The van der Waals surface area contributed by atoms with Crippen molar-refractivity contribution < 1.29 is 4.74 Å². The van der Waals surface area contributed by atoms with Crippen LogP contribution in [-0.4, -0.2) is 0 Å². The van der Waals surface area contributed by atoms with Crippen LogP contribution >= 0.6 is 0 Å². The van der Waals surface area contributed by atoms with Crippen LogP contribution < -0.4 is 4.74 Å². The summed E-state index contributed by atoms with van der Waals surface area (Å²) < 4.78 is 5.84. The topological polar surface area (TPSA) is 9.23 Å². The van der Waals surface area contributed by atoms with Gasteiger partial charge in [-0.1, -0.05) is 72.8 Å². The molecule has 0 unspecified atom stereocenters. The molecule has 0 aromatic heterocycles. The quantitative estimate of drug-likeness (QED) is 0.571. The van der Waals surface area contributed by atoms with Crippen LogP contribution in [-0.2, 0) is 6.61 Å². The lowest BCUT2D eigenvalue weighted by molar-refractivity contribution is 0.302. The lowest BCUT2D eigenvalue weighted by Crippen LogP contribution is -2.05. The molecule has 0 saturated carbocycles. The summed E-state index contributed by atoms with van der Waals surface area (Å²) in [6, 6.07) is 25.2. The fraction of sp³-hybridized carbons (Fsp3) is 0.0476. The smallest absolute Gasteiger partial charge is 0.127 e. The van der Waals surface area contributed by atoms with Crippen LogP contribution in [0.2, 0.25) is 0 Å². The molecule has 1 nitrogen and oxygen atoms in total. The van der Waals surface area contributed by atoms with Crippen molar-refractivity contribution in [1.29, 1.82) is 0 Å². The molecule has 0 aliphatic carbocycles. The molecule has 22 heavy (non-hydrogen) atoms. The van der Waals surface area contributed by atoms with Crippen molar-refractivity contribution in [1.82, 2.24) is 0 Å². The van der Waals surface area contributed by atoms with E-state index in [1.54, 1.807) is 0 Å². The van der Waals surface area contributed by atoms with Crippen molar-refractivity contribution >= 4 is 12.2 Å². The highest BCUT2D eigenvalue weighted by molar-refractivity contribution is 5.79. The molecule has 0 saturated heterocycles. The summed E-state index contributed by atoms with van der Waals surface area (Å²) in [5.41, 5.74) is 6.09. The lowest BCUT2D eigenvalue weighted by atomic mass is 9.95. The molecule has 0 radical (unpaired) electrons. The van der Waals surface area contributed by atoms with E-state index < -0.39 is 0 Å². The van der Waals surface area contributed by atoms with Gasteiger partial charge in [-0.25, -0.2) is 0 Å². The van der Waals surface area contributed by atoms with E-state index in [1.165, 1.54) is 27.8 Å². The average molecular weight is 284 g/mol. The van der Waals surface area contributed by atoms with Gasteiger partial charge in [-0.3, -0.25) is 0 Å². The lowest BCUT2D eigenvalue weighted by Gasteiger charge is -2.21. The summed E-state index contributed by atoms with van der Waals surface area (Å²) in [4.78, 5) is 0. The summed E-state index contributed by atoms with van der Waals surface area (Å²) in [7, 11) is 0. The Kier molecular flexibility index (Phi) is 3.24. The Balaban J connectivity index is 1.72. The van der Waals surface area contributed by atoms with Crippen LogP contribution in [0.15, 0.2) is 72.8 Å². The number of rotatable bonds is 2. The Morgan fingerprint density at radius 1 is 0.682 bits per heavy atom. The normalized spacial score (nSPS) is 12.5. The largest absolute Gasteiger partial charge is 0.488 e. The minimum atomic E-state index is 0.655. The summed E-state index contributed by atoms with van der Waals surface area (Å²) >= 11 is 0. The van der Waals surface area contributed by atoms with Crippen molar-refractivity contribution in [2.75, 3.05) is 0 Å². The number of hydrogen-bond donors (Lipinski definition) is 0. The summed E-state index contributed by atoms with van der Waals surface area (Å²) in [5, 5.41) is 0. The van der Waals surface area contributed by atoms with Gasteiger partial charge >= 0.3 is 0 Å². The van der Waals surface area contributed by atoms with Crippen LogP contribution in [0.3, 0.4) is 0 Å². The van der Waals surface area contributed by atoms with E-state index in [2.05, 4.69) is 78.9 Å². The van der Waals surface area contributed by atoms with E-state index in [0.717, 1.165) is 5.75 Å². The molecule has 3 aromatic rings. The molecule has 3 aromatic carbocycles. The molecule has 0 atom stereocenters. The van der Waals surface area contributed by atoms with Crippen molar-refractivity contribution in [3.63, 3.8) is 0 Å². The Morgan fingerprint density at radius 3 is 2.36 bits per heavy atom. The third-order valence-corrected chi connectivity index (χ3v) is 3.96. The van der Waals surface area contributed by atoms with E-state index in [0.29, 0.717) is 6.61 Å². The minimum absolute atomic E-state index is 0.655. The zero-order chi connectivity index (χ0) is 14.8. The van der Waals surface area contributed by atoms with Crippen LogP contribution in [0.25, 0.3) is 23.3 Å². The van der Waals surface area contributed by atoms with Gasteiger partial charge in [0.25, 0.3) is 0 Å². The molecular formula is C21H16O. The highest BCUT2D eigenvalue weighted by atomic mass is 16.5. The molecule has 1 heterocycles. The van der Waals surface area contributed by atoms with Gasteiger partial charge in [0.1, 0.15) is 12.4 Å². The summed E-state index contributed by atoms with van der Waals surface area (Å²) in [6.07, 6.45) is 4.28. The minimum Gasteiger partial charge on any atom is -0.488 e. The molecule has 4 rings (SSSR count). The monoisotopic (exact) mass is 284 g/mol. The summed E-state index contributed by atoms with van der Waals surface area (Å²) in [5.74, 6) is 0.968.